The zero-order valence-electron chi connectivity index (χ0n) is 19.2. The van der Waals surface area contributed by atoms with E-state index in [0.29, 0.717) is 31.5 Å². The molecule has 3 heterocycles. The first-order valence-corrected chi connectivity index (χ1v) is 13.8. The molecule has 9 heteroatoms. The Labute approximate surface area is 199 Å². The lowest BCUT2D eigenvalue weighted by Gasteiger charge is -2.30. The Kier molecular flexibility index (Phi) is 7.21. The molecule has 0 spiro atoms. The maximum atomic E-state index is 13.2. The number of sulfonamides is 1. The number of hydrogen-bond donors (Lipinski definition) is 1. The van der Waals surface area contributed by atoms with Crippen LogP contribution in [0, 0.1) is 19.8 Å². The van der Waals surface area contributed by atoms with Crippen LogP contribution >= 0.6 is 11.3 Å². The molecule has 2 aromatic rings. The van der Waals surface area contributed by atoms with Crippen molar-refractivity contribution in [3.05, 3.63) is 46.3 Å². The monoisotopic (exact) mass is 489 g/mol. The van der Waals surface area contributed by atoms with Crippen LogP contribution in [0.2, 0.25) is 0 Å². The third kappa shape index (κ3) is 5.15. The first-order valence-electron chi connectivity index (χ1n) is 11.5. The highest BCUT2D eigenvalue weighted by atomic mass is 32.2. The molecule has 2 amide bonds. The van der Waals surface area contributed by atoms with Crippen molar-refractivity contribution in [2.75, 3.05) is 31.5 Å². The molecule has 0 radical (unpaired) electrons. The van der Waals surface area contributed by atoms with Gasteiger partial charge in [0.15, 0.2) is 0 Å². The number of carbonyl (C=O) groups is 2. The number of anilines is 1. The molecular formula is C24H31N3O4S2. The number of thiophene rings is 1. The maximum Gasteiger partial charge on any atom is 0.254 e. The molecular weight excluding hydrogens is 458 g/mol. The predicted molar refractivity (Wildman–Crippen MR) is 130 cm³/mol. The molecule has 33 heavy (non-hydrogen) atoms. The molecule has 0 aliphatic carbocycles. The summed E-state index contributed by atoms with van der Waals surface area (Å²) in [5.74, 6) is -0.378. The predicted octanol–water partition coefficient (Wildman–Crippen LogP) is 4.03. The van der Waals surface area contributed by atoms with Gasteiger partial charge in [0.1, 0.15) is 4.21 Å². The Hall–Kier alpha value is -2.23. The van der Waals surface area contributed by atoms with Gasteiger partial charge in [0.05, 0.1) is 5.56 Å². The third-order valence-electron chi connectivity index (χ3n) is 6.75. The summed E-state index contributed by atoms with van der Waals surface area (Å²) in [6.07, 6.45) is 4.06. The van der Waals surface area contributed by atoms with E-state index in [0.717, 1.165) is 60.5 Å². The van der Waals surface area contributed by atoms with E-state index in [1.54, 1.807) is 5.38 Å². The van der Waals surface area contributed by atoms with E-state index in [1.165, 1.54) is 10.4 Å². The van der Waals surface area contributed by atoms with Gasteiger partial charge in [-0.25, -0.2) is 8.42 Å². The van der Waals surface area contributed by atoms with Gasteiger partial charge in [-0.15, -0.1) is 11.3 Å². The quantitative estimate of drug-likeness (QED) is 0.687. The van der Waals surface area contributed by atoms with E-state index < -0.39 is 10.0 Å². The van der Waals surface area contributed by atoms with Crippen molar-refractivity contribution in [2.45, 2.75) is 50.2 Å². The number of aryl methyl sites for hydroxylation is 1. The number of rotatable bonds is 5. The van der Waals surface area contributed by atoms with Crippen LogP contribution in [-0.4, -0.2) is 55.6 Å². The number of piperidine rings is 2. The van der Waals surface area contributed by atoms with Gasteiger partial charge in [-0.1, -0.05) is 12.1 Å². The average Bonchev–Trinajstić information content (AvgIpc) is 3.33. The minimum atomic E-state index is -3.68. The summed E-state index contributed by atoms with van der Waals surface area (Å²) in [7, 11) is -3.68. The van der Waals surface area contributed by atoms with Crippen LogP contribution in [0.3, 0.4) is 0 Å². The molecule has 2 saturated heterocycles. The Bertz CT molecular complexity index is 1130. The SMILES string of the molecule is Cc1cccc(NC(=O)C2CCN(S(=O)(=O)c3cc(C(=O)N4CCCCC4)cs3)CC2)c1C. The second-order valence-electron chi connectivity index (χ2n) is 8.92. The number of benzene rings is 1. The molecule has 0 bridgehead atoms. The highest BCUT2D eigenvalue weighted by Gasteiger charge is 2.33. The largest absolute Gasteiger partial charge is 0.339 e. The molecule has 0 atom stereocenters. The summed E-state index contributed by atoms with van der Waals surface area (Å²) in [4.78, 5) is 27.3. The standard InChI is InChI=1S/C24H31N3O4S2/c1-17-7-6-8-21(18(17)2)25-23(28)19-9-13-27(14-10-19)33(30,31)22-15-20(16-32-22)24(29)26-11-4-3-5-12-26/h6-8,15-16,19H,3-5,9-14H2,1-2H3,(H,25,28). The number of amides is 2. The smallest absolute Gasteiger partial charge is 0.254 e. The number of nitrogens with one attached hydrogen (secondary N) is 1. The normalized spacial score (nSPS) is 18.3. The summed E-state index contributed by atoms with van der Waals surface area (Å²) in [6.45, 7) is 6.03. The molecule has 2 aliphatic rings. The van der Waals surface area contributed by atoms with Crippen molar-refractivity contribution in [1.29, 1.82) is 0 Å². The third-order valence-corrected chi connectivity index (χ3v) is 10.1. The van der Waals surface area contributed by atoms with Gasteiger partial charge in [0.2, 0.25) is 5.91 Å². The van der Waals surface area contributed by atoms with Crippen molar-refractivity contribution in [2.24, 2.45) is 5.92 Å². The Morgan fingerprint density at radius 2 is 1.73 bits per heavy atom. The zero-order valence-corrected chi connectivity index (χ0v) is 20.8. The minimum Gasteiger partial charge on any atom is -0.339 e. The van der Waals surface area contributed by atoms with Gasteiger partial charge in [-0.05, 0) is 69.2 Å². The van der Waals surface area contributed by atoms with E-state index >= 15 is 0 Å². The Morgan fingerprint density at radius 1 is 1.03 bits per heavy atom. The second kappa shape index (κ2) is 9.95. The Morgan fingerprint density at radius 3 is 2.42 bits per heavy atom. The average molecular weight is 490 g/mol. The minimum absolute atomic E-state index is 0.0636. The second-order valence-corrected chi connectivity index (χ2v) is 12.0. The first kappa shape index (κ1) is 23.9. The van der Waals surface area contributed by atoms with E-state index in [2.05, 4.69) is 5.32 Å². The fourth-order valence-corrected chi connectivity index (χ4v) is 7.23. The fraction of sp³-hybridized carbons (Fsp3) is 0.500. The molecule has 1 N–H and O–H groups in total. The number of hydrogen-bond acceptors (Lipinski definition) is 5. The van der Waals surface area contributed by atoms with Crippen molar-refractivity contribution in [1.82, 2.24) is 9.21 Å². The van der Waals surface area contributed by atoms with Crippen molar-refractivity contribution in [3.63, 3.8) is 0 Å². The molecule has 1 aromatic heterocycles. The summed E-state index contributed by atoms with van der Waals surface area (Å²) in [5, 5.41) is 4.65. The van der Waals surface area contributed by atoms with Crippen molar-refractivity contribution in [3.8, 4) is 0 Å². The lowest BCUT2D eigenvalue weighted by atomic mass is 9.97. The van der Waals surface area contributed by atoms with Crippen molar-refractivity contribution >= 4 is 38.9 Å². The lowest BCUT2D eigenvalue weighted by Crippen LogP contribution is -2.41. The molecule has 2 aliphatic heterocycles. The zero-order chi connectivity index (χ0) is 23.6. The van der Waals surface area contributed by atoms with E-state index in [1.807, 2.05) is 36.9 Å². The lowest BCUT2D eigenvalue weighted by molar-refractivity contribution is -0.120. The van der Waals surface area contributed by atoms with Gasteiger partial charge in [0, 0.05) is 43.2 Å². The summed E-state index contributed by atoms with van der Waals surface area (Å²) < 4.78 is 28.0. The molecule has 1 aromatic carbocycles. The van der Waals surface area contributed by atoms with Gasteiger partial charge >= 0.3 is 0 Å². The van der Waals surface area contributed by atoms with Crippen LogP contribution in [0.4, 0.5) is 5.69 Å². The van der Waals surface area contributed by atoms with E-state index in [-0.39, 0.29) is 21.9 Å². The van der Waals surface area contributed by atoms with E-state index in [4.69, 9.17) is 0 Å². The van der Waals surface area contributed by atoms with Gasteiger partial charge in [-0.3, -0.25) is 9.59 Å². The summed E-state index contributed by atoms with van der Waals surface area (Å²) >= 11 is 1.10. The number of nitrogens with zero attached hydrogens (tertiary/aromatic N) is 2. The molecule has 0 unspecified atom stereocenters. The molecule has 2 fully saturated rings. The van der Waals surface area contributed by atoms with Gasteiger partial charge in [-0.2, -0.15) is 4.31 Å². The van der Waals surface area contributed by atoms with Crippen LogP contribution in [0.15, 0.2) is 33.9 Å². The molecule has 4 rings (SSSR count). The van der Waals surface area contributed by atoms with Crippen LogP contribution in [0.1, 0.15) is 53.6 Å². The Balaban J connectivity index is 1.37. The topological polar surface area (TPSA) is 86.8 Å². The van der Waals surface area contributed by atoms with Gasteiger partial charge < -0.3 is 10.2 Å². The van der Waals surface area contributed by atoms with E-state index in [9.17, 15) is 18.0 Å². The number of carbonyl (C=O) groups excluding carboxylic acids is 2. The molecule has 0 saturated carbocycles. The van der Waals surface area contributed by atoms with Crippen molar-refractivity contribution < 1.29 is 18.0 Å². The molecule has 7 nitrogen and oxygen atoms in total. The fourth-order valence-electron chi connectivity index (χ4n) is 4.45. The van der Waals surface area contributed by atoms with Crippen LogP contribution in [0.25, 0.3) is 0 Å². The highest BCUT2D eigenvalue weighted by Crippen LogP contribution is 2.29. The van der Waals surface area contributed by atoms with Crippen LogP contribution in [0.5, 0.6) is 0 Å². The first-order chi connectivity index (χ1) is 15.8. The maximum absolute atomic E-state index is 13.2. The number of likely N-dealkylation sites (tertiary alicyclic amines) is 1. The summed E-state index contributed by atoms with van der Waals surface area (Å²) in [5.41, 5.74) is 3.41. The highest BCUT2D eigenvalue weighted by molar-refractivity contribution is 7.91. The van der Waals surface area contributed by atoms with Crippen LogP contribution in [-0.2, 0) is 14.8 Å². The van der Waals surface area contributed by atoms with Crippen LogP contribution < -0.4 is 5.32 Å². The summed E-state index contributed by atoms with van der Waals surface area (Å²) in [6, 6.07) is 7.32. The molecule has 178 valence electrons. The van der Waals surface area contributed by atoms with Gasteiger partial charge in [0.25, 0.3) is 15.9 Å².